The minimum atomic E-state index is -2.55. The van der Waals surface area contributed by atoms with Crippen LogP contribution in [0.1, 0.15) is 0 Å². The first-order valence-corrected chi connectivity index (χ1v) is 6.90. The molecule has 0 aliphatic rings. The first-order chi connectivity index (χ1) is 10.0. The first-order valence-electron chi connectivity index (χ1n) is 6.02. The quantitative estimate of drug-likeness (QED) is 0.585. The van der Waals surface area contributed by atoms with Crippen LogP contribution in [0.3, 0.4) is 0 Å². The number of hydrogen-bond acceptors (Lipinski definition) is 3. The van der Waals surface area contributed by atoms with Crippen LogP contribution in [0.15, 0.2) is 53.4 Å². The van der Waals surface area contributed by atoms with Gasteiger partial charge in [0.15, 0.2) is 0 Å². The summed E-state index contributed by atoms with van der Waals surface area (Å²) in [5.74, 6) is -2.55. The monoisotopic (exact) mass is 309 g/mol. The molecule has 0 unspecified atom stereocenters. The number of para-hydroxylation sites is 1. The van der Waals surface area contributed by atoms with E-state index in [0.717, 1.165) is 0 Å². The van der Waals surface area contributed by atoms with Crippen molar-refractivity contribution in [2.75, 3.05) is 16.4 Å². The predicted octanol–water partition coefficient (Wildman–Crippen LogP) is 4.23. The van der Waals surface area contributed by atoms with E-state index in [-0.39, 0.29) is 0 Å². The second-order valence-corrected chi connectivity index (χ2v) is 5.11. The normalized spacial score (nSPS) is 10.4. The lowest BCUT2D eigenvalue weighted by atomic mass is 10.3. The fraction of sp³-hybridized carbons (Fsp3) is 0.0714. The number of nitrogens with one attached hydrogen (secondary N) is 2. The van der Waals surface area contributed by atoms with E-state index in [1.807, 2.05) is 0 Å². The summed E-state index contributed by atoms with van der Waals surface area (Å²) in [7, 11) is 0. The molecule has 21 heavy (non-hydrogen) atoms. The number of anilines is 3. The minimum absolute atomic E-state index is 0.306. The number of carbonyl (C=O) groups excluding carboxylic acids is 1. The summed E-state index contributed by atoms with van der Waals surface area (Å²) in [6, 6.07) is 12.5. The lowest BCUT2D eigenvalue weighted by Gasteiger charge is -2.11. The lowest BCUT2D eigenvalue weighted by molar-refractivity contribution is 0.252. The van der Waals surface area contributed by atoms with Crippen LogP contribution in [0, 0.1) is 0 Å². The Balaban J connectivity index is 2.04. The maximum absolute atomic E-state index is 12.4. The molecule has 2 rings (SSSR count). The van der Waals surface area contributed by atoms with Gasteiger partial charge in [-0.25, -0.2) is 4.79 Å². The van der Waals surface area contributed by atoms with Gasteiger partial charge in [-0.2, -0.15) is 8.78 Å². The van der Waals surface area contributed by atoms with Crippen LogP contribution in [0.25, 0.3) is 0 Å². The number of nitrogens with two attached hydrogens (primary N) is 1. The van der Waals surface area contributed by atoms with Gasteiger partial charge in [0.25, 0.3) is 5.76 Å². The van der Waals surface area contributed by atoms with Crippen LogP contribution in [0.4, 0.5) is 30.6 Å². The van der Waals surface area contributed by atoms with E-state index in [4.69, 9.17) is 5.73 Å². The lowest BCUT2D eigenvalue weighted by Crippen LogP contribution is -2.19. The van der Waals surface area contributed by atoms with Crippen molar-refractivity contribution in [1.82, 2.24) is 0 Å². The number of nitrogen functional groups attached to an aromatic ring is 1. The fourth-order valence-corrected chi connectivity index (χ4v) is 2.21. The summed E-state index contributed by atoms with van der Waals surface area (Å²) < 4.78 is 24.9. The maximum Gasteiger partial charge on any atom is 0.323 e. The standard InChI is InChI=1S/C14H13F2N3OS/c15-13(16)21-12-4-2-1-3-11(12)19-14(20)18-10-7-5-9(17)6-8-10/h1-8,13H,17H2,(H2,18,19,20). The van der Waals surface area contributed by atoms with Crippen LogP contribution >= 0.6 is 11.8 Å². The van der Waals surface area contributed by atoms with Crippen molar-refractivity contribution in [2.45, 2.75) is 10.7 Å². The zero-order valence-electron chi connectivity index (χ0n) is 10.8. The van der Waals surface area contributed by atoms with Crippen molar-refractivity contribution in [3.05, 3.63) is 48.5 Å². The van der Waals surface area contributed by atoms with Crippen molar-refractivity contribution in [2.24, 2.45) is 0 Å². The summed E-state index contributed by atoms with van der Waals surface area (Å²) >= 11 is 0.383. The first kappa shape index (κ1) is 15.1. The van der Waals surface area contributed by atoms with Crippen LogP contribution in [0.5, 0.6) is 0 Å². The molecule has 0 bridgehead atoms. The number of thioether (sulfide) groups is 1. The zero-order valence-corrected chi connectivity index (χ0v) is 11.7. The number of alkyl halides is 2. The highest BCUT2D eigenvalue weighted by molar-refractivity contribution is 7.99. The Morgan fingerprint density at radius 2 is 1.71 bits per heavy atom. The van der Waals surface area contributed by atoms with Crippen molar-refractivity contribution in [1.29, 1.82) is 0 Å². The van der Waals surface area contributed by atoms with Crippen LogP contribution in [-0.2, 0) is 0 Å². The van der Waals surface area contributed by atoms with Crippen molar-refractivity contribution >= 4 is 34.9 Å². The summed E-state index contributed by atoms with van der Waals surface area (Å²) in [4.78, 5) is 12.2. The van der Waals surface area contributed by atoms with Crippen molar-refractivity contribution in [3.8, 4) is 0 Å². The zero-order chi connectivity index (χ0) is 15.2. The SMILES string of the molecule is Nc1ccc(NC(=O)Nc2ccccc2SC(F)F)cc1. The van der Waals surface area contributed by atoms with Gasteiger partial charge in [-0.15, -0.1) is 0 Å². The highest BCUT2D eigenvalue weighted by Crippen LogP contribution is 2.31. The highest BCUT2D eigenvalue weighted by Gasteiger charge is 2.11. The largest absolute Gasteiger partial charge is 0.399 e. The van der Waals surface area contributed by atoms with Crippen LogP contribution in [0.2, 0.25) is 0 Å². The number of halogens is 2. The Morgan fingerprint density at radius 3 is 2.38 bits per heavy atom. The Morgan fingerprint density at radius 1 is 1.05 bits per heavy atom. The molecule has 2 aromatic rings. The van der Waals surface area contributed by atoms with E-state index < -0.39 is 11.8 Å². The molecule has 0 aromatic heterocycles. The second-order valence-electron chi connectivity index (χ2n) is 4.08. The summed E-state index contributed by atoms with van der Waals surface area (Å²) in [5.41, 5.74) is 7.01. The molecule has 0 saturated carbocycles. The topological polar surface area (TPSA) is 67.1 Å². The Labute approximate surface area is 124 Å². The number of carbonyl (C=O) groups is 1. The molecule has 0 fully saturated rings. The van der Waals surface area contributed by atoms with Gasteiger partial charge in [0, 0.05) is 16.3 Å². The molecule has 2 aromatic carbocycles. The van der Waals surface area contributed by atoms with Crippen LogP contribution in [-0.4, -0.2) is 11.8 Å². The molecule has 0 saturated heterocycles. The van der Waals surface area contributed by atoms with Gasteiger partial charge in [-0.1, -0.05) is 23.9 Å². The molecule has 0 atom stereocenters. The van der Waals surface area contributed by atoms with E-state index in [1.165, 1.54) is 6.07 Å². The van der Waals surface area contributed by atoms with Gasteiger partial charge in [0.1, 0.15) is 0 Å². The van der Waals surface area contributed by atoms with E-state index in [2.05, 4.69) is 10.6 Å². The van der Waals surface area contributed by atoms with E-state index in [1.54, 1.807) is 42.5 Å². The molecule has 4 N–H and O–H groups in total. The maximum atomic E-state index is 12.4. The molecule has 0 spiro atoms. The molecule has 0 heterocycles. The molecule has 0 aliphatic carbocycles. The molecular formula is C14H13F2N3OS. The van der Waals surface area contributed by atoms with E-state index in [9.17, 15) is 13.6 Å². The van der Waals surface area contributed by atoms with Gasteiger partial charge in [0.05, 0.1) is 5.69 Å². The molecule has 2 amide bonds. The van der Waals surface area contributed by atoms with Crippen LogP contribution < -0.4 is 16.4 Å². The number of urea groups is 1. The average Bonchev–Trinajstić information content (AvgIpc) is 2.43. The Kier molecular flexibility index (Phi) is 4.99. The fourth-order valence-electron chi connectivity index (χ4n) is 1.62. The molecule has 4 nitrogen and oxygen atoms in total. The summed E-state index contributed by atoms with van der Waals surface area (Å²) in [6.07, 6.45) is 0. The molecule has 0 aliphatic heterocycles. The van der Waals surface area contributed by atoms with Gasteiger partial charge < -0.3 is 16.4 Å². The van der Waals surface area contributed by atoms with Crippen molar-refractivity contribution < 1.29 is 13.6 Å². The van der Waals surface area contributed by atoms with Gasteiger partial charge in [-0.3, -0.25) is 0 Å². The smallest absolute Gasteiger partial charge is 0.323 e. The van der Waals surface area contributed by atoms with Gasteiger partial charge in [-0.05, 0) is 36.4 Å². The van der Waals surface area contributed by atoms with E-state index >= 15 is 0 Å². The predicted molar refractivity (Wildman–Crippen MR) is 81.8 cm³/mol. The number of amides is 2. The number of rotatable bonds is 4. The minimum Gasteiger partial charge on any atom is -0.399 e. The third kappa shape index (κ3) is 4.64. The third-order valence-electron chi connectivity index (χ3n) is 2.52. The van der Waals surface area contributed by atoms with E-state index in [0.29, 0.717) is 33.7 Å². The van der Waals surface area contributed by atoms with Crippen molar-refractivity contribution in [3.63, 3.8) is 0 Å². The number of benzene rings is 2. The van der Waals surface area contributed by atoms with Gasteiger partial charge >= 0.3 is 6.03 Å². The molecule has 7 heteroatoms. The van der Waals surface area contributed by atoms with Gasteiger partial charge in [0.2, 0.25) is 0 Å². The Hall–Kier alpha value is -2.28. The summed E-state index contributed by atoms with van der Waals surface area (Å²) in [5, 5.41) is 5.14. The molecule has 110 valence electrons. The number of hydrogen-bond donors (Lipinski definition) is 3. The Bertz CT molecular complexity index is 620. The third-order valence-corrected chi connectivity index (χ3v) is 3.31. The second kappa shape index (κ2) is 6.94. The highest BCUT2D eigenvalue weighted by atomic mass is 32.2. The summed E-state index contributed by atoms with van der Waals surface area (Å²) in [6.45, 7) is 0. The average molecular weight is 309 g/mol. The molecule has 0 radical (unpaired) electrons. The molecular weight excluding hydrogens is 296 g/mol.